The van der Waals surface area contributed by atoms with Gasteiger partial charge in [0.05, 0.1) is 6.61 Å². The second-order valence-electron chi connectivity index (χ2n) is 3.45. The molecule has 19 heavy (non-hydrogen) atoms. The number of carbonyl (C=O) groups excluding carboxylic acids is 2. The average molecular weight is 295 g/mol. The Bertz CT molecular complexity index is 282. The molecule has 0 aromatic rings. The van der Waals surface area contributed by atoms with Crippen LogP contribution < -0.4 is 5.32 Å². The maximum absolute atomic E-state index is 11.7. The first-order valence-corrected chi connectivity index (χ1v) is 5.14. The predicted octanol–water partition coefficient (Wildman–Crippen LogP) is 1.94. The van der Waals surface area contributed by atoms with Crippen LogP contribution in [0.5, 0.6) is 0 Å². The minimum atomic E-state index is -5.05. The Kier molecular flexibility index (Phi) is 6.63. The van der Waals surface area contributed by atoms with Crippen LogP contribution in [0.2, 0.25) is 0 Å². The monoisotopic (exact) mass is 295 g/mol. The number of halogens is 6. The third-order valence-corrected chi connectivity index (χ3v) is 1.83. The molecular weight excluding hydrogens is 284 g/mol. The molecule has 1 amide bonds. The van der Waals surface area contributed by atoms with Crippen molar-refractivity contribution in [3.8, 4) is 0 Å². The molecule has 0 aliphatic rings. The van der Waals surface area contributed by atoms with E-state index in [2.05, 4.69) is 4.74 Å². The summed E-state index contributed by atoms with van der Waals surface area (Å²) in [6.45, 7) is -0.739. The molecule has 0 aromatic heterocycles. The molecule has 0 radical (unpaired) electrons. The number of ether oxygens (including phenoxy) is 1. The molecule has 0 bridgehead atoms. The van der Waals surface area contributed by atoms with Crippen molar-refractivity contribution in [2.75, 3.05) is 13.2 Å². The molecule has 0 saturated heterocycles. The highest BCUT2D eigenvalue weighted by molar-refractivity contribution is 5.81. The third-order valence-electron chi connectivity index (χ3n) is 1.83. The van der Waals surface area contributed by atoms with Crippen molar-refractivity contribution in [1.82, 2.24) is 5.32 Å². The lowest BCUT2D eigenvalue weighted by atomic mass is 10.2. The van der Waals surface area contributed by atoms with Crippen molar-refractivity contribution in [3.63, 3.8) is 0 Å². The molecule has 0 heterocycles. The Hall–Kier alpha value is -1.48. The van der Waals surface area contributed by atoms with Gasteiger partial charge in [0.1, 0.15) is 0 Å². The topological polar surface area (TPSA) is 55.4 Å². The lowest BCUT2D eigenvalue weighted by Gasteiger charge is -2.08. The van der Waals surface area contributed by atoms with E-state index in [1.54, 1.807) is 5.32 Å². The highest BCUT2D eigenvalue weighted by Gasteiger charge is 2.40. The lowest BCUT2D eigenvalue weighted by molar-refractivity contribution is -0.199. The van der Waals surface area contributed by atoms with Crippen LogP contribution in [0, 0.1) is 0 Å². The van der Waals surface area contributed by atoms with Gasteiger partial charge in [-0.15, -0.1) is 0 Å². The molecule has 0 fully saturated rings. The van der Waals surface area contributed by atoms with Crippen molar-refractivity contribution in [1.29, 1.82) is 0 Å². The van der Waals surface area contributed by atoms with Crippen LogP contribution in [-0.2, 0) is 14.3 Å². The van der Waals surface area contributed by atoms with Crippen LogP contribution in [0.1, 0.15) is 19.3 Å². The van der Waals surface area contributed by atoms with Gasteiger partial charge in [-0.05, 0) is 19.3 Å². The summed E-state index contributed by atoms with van der Waals surface area (Å²) in [5.74, 6) is -4.38. The summed E-state index contributed by atoms with van der Waals surface area (Å²) in [5.41, 5.74) is 0. The molecule has 0 aromatic carbocycles. The molecule has 0 atom stereocenters. The largest absolute Gasteiger partial charge is 0.490 e. The third kappa shape index (κ3) is 8.27. The molecule has 1 N–H and O–H groups in total. The van der Waals surface area contributed by atoms with Gasteiger partial charge >= 0.3 is 24.2 Å². The number of unbranched alkanes of at least 4 members (excludes halogenated alkanes) is 2. The smallest absolute Gasteiger partial charge is 0.459 e. The maximum Gasteiger partial charge on any atom is 0.490 e. The zero-order chi connectivity index (χ0) is 15.1. The Morgan fingerprint density at radius 3 is 1.95 bits per heavy atom. The van der Waals surface area contributed by atoms with E-state index in [1.807, 2.05) is 0 Å². The molecule has 0 aliphatic carbocycles. The van der Waals surface area contributed by atoms with E-state index < -0.39 is 30.8 Å². The summed E-state index contributed by atoms with van der Waals surface area (Å²) in [6.07, 6.45) is -9.61. The van der Waals surface area contributed by atoms with Gasteiger partial charge in [-0.2, -0.15) is 26.3 Å². The van der Waals surface area contributed by atoms with Crippen molar-refractivity contribution in [2.45, 2.75) is 31.6 Å². The second kappa shape index (κ2) is 7.19. The summed E-state index contributed by atoms with van der Waals surface area (Å²) < 4.78 is 73.9. The number of hydrogen-bond acceptors (Lipinski definition) is 3. The molecule has 0 aliphatic heterocycles. The van der Waals surface area contributed by atoms with Gasteiger partial charge in [-0.3, -0.25) is 4.79 Å². The Labute approximate surface area is 104 Å². The van der Waals surface area contributed by atoms with Crippen molar-refractivity contribution < 1.29 is 40.7 Å². The van der Waals surface area contributed by atoms with Gasteiger partial charge in [0.2, 0.25) is 0 Å². The number of amides is 1. The van der Waals surface area contributed by atoms with Crippen molar-refractivity contribution >= 4 is 11.9 Å². The molecular formula is C9H11F6NO3. The number of alkyl halides is 6. The van der Waals surface area contributed by atoms with Crippen LogP contribution in [0.25, 0.3) is 0 Å². The Balaban J connectivity index is 3.53. The zero-order valence-corrected chi connectivity index (χ0v) is 9.53. The number of rotatable bonds is 6. The van der Waals surface area contributed by atoms with Gasteiger partial charge in [0.25, 0.3) is 0 Å². The highest BCUT2D eigenvalue weighted by atomic mass is 19.4. The van der Waals surface area contributed by atoms with E-state index in [-0.39, 0.29) is 25.8 Å². The lowest BCUT2D eigenvalue weighted by Crippen LogP contribution is -2.37. The van der Waals surface area contributed by atoms with Crippen molar-refractivity contribution in [2.24, 2.45) is 0 Å². The molecule has 4 nitrogen and oxygen atoms in total. The number of nitrogens with one attached hydrogen (secondary N) is 1. The van der Waals surface area contributed by atoms with E-state index in [0.717, 1.165) is 0 Å². The molecule has 0 spiro atoms. The van der Waals surface area contributed by atoms with Gasteiger partial charge in [0, 0.05) is 6.54 Å². The maximum atomic E-state index is 11.7. The van der Waals surface area contributed by atoms with Gasteiger partial charge in [-0.25, -0.2) is 4.79 Å². The van der Waals surface area contributed by atoms with Gasteiger partial charge in [-0.1, -0.05) is 0 Å². The minimum absolute atomic E-state index is 0.0592. The summed E-state index contributed by atoms with van der Waals surface area (Å²) >= 11 is 0. The minimum Gasteiger partial charge on any atom is -0.459 e. The summed E-state index contributed by atoms with van der Waals surface area (Å²) in [7, 11) is 0. The summed E-state index contributed by atoms with van der Waals surface area (Å²) in [4.78, 5) is 20.5. The first-order valence-electron chi connectivity index (χ1n) is 5.14. The first-order chi connectivity index (χ1) is 8.55. The standard InChI is InChI=1S/C9H11F6NO3/c10-8(11,12)6(17)16-4-2-1-3-5-19-7(18)9(13,14)15/h1-5H2,(H,16,17). The summed E-state index contributed by atoms with van der Waals surface area (Å²) in [5, 5.41) is 1.59. The molecule has 112 valence electrons. The fourth-order valence-electron chi connectivity index (χ4n) is 0.953. The molecule has 0 saturated carbocycles. The average Bonchev–Trinajstić information content (AvgIpc) is 2.24. The van der Waals surface area contributed by atoms with Crippen LogP contribution in [0.4, 0.5) is 26.3 Å². The Morgan fingerprint density at radius 1 is 0.895 bits per heavy atom. The van der Waals surface area contributed by atoms with Gasteiger partial charge < -0.3 is 10.1 Å². The van der Waals surface area contributed by atoms with E-state index in [0.29, 0.717) is 0 Å². The fourth-order valence-corrected chi connectivity index (χ4v) is 0.953. The SMILES string of the molecule is O=C(NCCCCCOC(=O)C(F)(F)F)C(F)(F)F. The zero-order valence-electron chi connectivity index (χ0n) is 9.53. The van der Waals surface area contributed by atoms with E-state index >= 15 is 0 Å². The van der Waals surface area contributed by atoms with Gasteiger partial charge in [0.15, 0.2) is 0 Å². The molecule has 0 unspecified atom stereocenters. The number of hydrogen-bond donors (Lipinski definition) is 1. The van der Waals surface area contributed by atoms with Crippen LogP contribution in [0.3, 0.4) is 0 Å². The first kappa shape index (κ1) is 17.5. The molecule has 10 heteroatoms. The normalized spacial score (nSPS) is 12.1. The van der Waals surface area contributed by atoms with Crippen LogP contribution >= 0.6 is 0 Å². The van der Waals surface area contributed by atoms with Crippen molar-refractivity contribution in [3.05, 3.63) is 0 Å². The molecule has 0 rings (SSSR count). The van der Waals surface area contributed by atoms with E-state index in [9.17, 15) is 35.9 Å². The van der Waals surface area contributed by atoms with E-state index in [1.165, 1.54) is 0 Å². The predicted molar refractivity (Wildman–Crippen MR) is 49.9 cm³/mol. The Morgan fingerprint density at radius 2 is 1.47 bits per heavy atom. The summed E-state index contributed by atoms with van der Waals surface area (Å²) in [6, 6.07) is 0. The van der Waals surface area contributed by atoms with E-state index in [4.69, 9.17) is 0 Å². The second-order valence-corrected chi connectivity index (χ2v) is 3.45. The van der Waals surface area contributed by atoms with Crippen LogP contribution in [-0.4, -0.2) is 37.4 Å². The quantitative estimate of drug-likeness (QED) is 0.463. The highest BCUT2D eigenvalue weighted by Crippen LogP contribution is 2.16. The number of carbonyl (C=O) groups is 2. The fraction of sp³-hybridized carbons (Fsp3) is 0.778. The number of esters is 1. The van der Waals surface area contributed by atoms with Crippen LogP contribution in [0.15, 0.2) is 0 Å².